The van der Waals surface area contributed by atoms with Gasteiger partial charge in [0.15, 0.2) is 11.6 Å². The van der Waals surface area contributed by atoms with Crippen molar-refractivity contribution in [3.05, 3.63) is 69.8 Å². The predicted molar refractivity (Wildman–Crippen MR) is 141 cm³/mol. The average molecular weight is 648 g/mol. The topological polar surface area (TPSA) is 108 Å². The minimum atomic E-state index is -4.96. The summed E-state index contributed by atoms with van der Waals surface area (Å²) >= 11 is 0. The van der Waals surface area contributed by atoms with Gasteiger partial charge >= 0.3 is 12.4 Å². The van der Waals surface area contributed by atoms with Crippen molar-refractivity contribution in [3.8, 4) is 5.75 Å². The van der Waals surface area contributed by atoms with E-state index in [9.17, 15) is 44.7 Å². The van der Waals surface area contributed by atoms with Gasteiger partial charge in [-0.2, -0.15) is 31.4 Å². The van der Waals surface area contributed by atoms with Crippen LogP contribution in [-0.4, -0.2) is 75.8 Å². The van der Waals surface area contributed by atoms with Crippen LogP contribution in [0.4, 0.5) is 46.9 Å². The first-order valence-corrected chi connectivity index (χ1v) is 13.7. The lowest BCUT2D eigenvalue weighted by Gasteiger charge is -2.35. The van der Waals surface area contributed by atoms with E-state index in [0.29, 0.717) is 24.5 Å². The smallest absolute Gasteiger partial charge is 0.421 e. The average Bonchev–Trinajstić information content (AvgIpc) is 3.39. The molecule has 0 unspecified atom stereocenters. The Balaban J connectivity index is 1.25. The fourth-order valence-corrected chi connectivity index (χ4v) is 5.25. The van der Waals surface area contributed by atoms with Crippen LogP contribution < -0.4 is 20.1 Å². The van der Waals surface area contributed by atoms with E-state index < -0.39 is 52.8 Å². The summed E-state index contributed by atoms with van der Waals surface area (Å²) in [5.74, 6) is -2.47. The van der Waals surface area contributed by atoms with E-state index in [-0.39, 0.29) is 75.4 Å². The summed E-state index contributed by atoms with van der Waals surface area (Å²) in [6.45, 7) is 0.895. The highest BCUT2D eigenvalue weighted by molar-refractivity contribution is 5.76. The van der Waals surface area contributed by atoms with Crippen molar-refractivity contribution in [3.63, 3.8) is 0 Å². The Morgan fingerprint density at radius 1 is 0.978 bits per heavy atom. The maximum absolute atomic E-state index is 14.2. The zero-order valence-corrected chi connectivity index (χ0v) is 23.2. The van der Waals surface area contributed by atoms with Crippen LogP contribution in [-0.2, 0) is 17.1 Å². The van der Waals surface area contributed by atoms with E-state index >= 15 is 0 Å². The van der Waals surface area contributed by atoms with E-state index in [0.717, 1.165) is 12.1 Å². The third kappa shape index (κ3) is 7.42. The normalized spacial score (nSPS) is 19.2. The Hall–Kier alpha value is -4.51. The fraction of sp³-hybridized carbons (Fsp3) is 0.444. The second kappa shape index (κ2) is 12.5. The van der Waals surface area contributed by atoms with Crippen molar-refractivity contribution < 1.29 is 44.7 Å². The molecule has 45 heavy (non-hydrogen) atoms. The molecule has 0 spiro atoms. The maximum Gasteiger partial charge on any atom is 0.421 e. The first-order chi connectivity index (χ1) is 21.2. The van der Waals surface area contributed by atoms with Gasteiger partial charge in [0.2, 0.25) is 11.9 Å². The molecule has 10 nitrogen and oxygen atoms in total. The molecule has 0 radical (unpaired) electrons. The molecule has 0 bridgehead atoms. The second-order valence-corrected chi connectivity index (χ2v) is 10.5. The number of carbonyl (C=O) groups is 1. The number of ether oxygens (including phenoxy) is 1. The van der Waals surface area contributed by atoms with Crippen LogP contribution in [0.2, 0.25) is 0 Å². The summed E-state index contributed by atoms with van der Waals surface area (Å²) in [6, 6.07) is 2.69. The van der Waals surface area contributed by atoms with Gasteiger partial charge in [0, 0.05) is 69.6 Å². The van der Waals surface area contributed by atoms with E-state index in [1.54, 1.807) is 9.80 Å². The molecule has 5 rings (SSSR count). The minimum absolute atomic E-state index is 0.0366. The molecule has 0 aliphatic carbocycles. The van der Waals surface area contributed by atoms with Gasteiger partial charge in [-0.05, 0) is 18.6 Å². The summed E-state index contributed by atoms with van der Waals surface area (Å²) in [6.07, 6.45) is -8.70. The van der Waals surface area contributed by atoms with E-state index in [1.807, 2.05) is 5.10 Å². The number of nitrogens with one attached hydrogen (secondary N) is 1. The van der Waals surface area contributed by atoms with Crippen molar-refractivity contribution in [2.45, 2.75) is 43.8 Å². The molecule has 2 aliphatic heterocycles. The summed E-state index contributed by atoms with van der Waals surface area (Å²) in [5.41, 5.74) is -3.88. The quantitative estimate of drug-likeness (QED) is 0.384. The number of rotatable bonds is 7. The van der Waals surface area contributed by atoms with Gasteiger partial charge in [-0.1, -0.05) is 0 Å². The van der Waals surface area contributed by atoms with Crippen molar-refractivity contribution in [1.82, 2.24) is 25.1 Å². The number of amides is 1. The molecule has 3 aromatic rings. The highest BCUT2D eigenvalue weighted by Gasteiger charge is 2.39. The molecule has 242 valence electrons. The molecule has 2 fully saturated rings. The summed E-state index contributed by atoms with van der Waals surface area (Å²) < 4.78 is 112. The van der Waals surface area contributed by atoms with Gasteiger partial charge in [-0.3, -0.25) is 9.59 Å². The molecule has 4 heterocycles. The van der Waals surface area contributed by atoms with Crippen LogP contribution in [0.3, 0.4) is 0 Å². The SMILES string of the molecule is O=C(CC[C@@H]1C[C@@H](Oc2ccc(F)cc2F)CN1c1cc(C(F)(F)F)c(=O)[nH]n1)N1CCN(c2ncc(C(F)(F)F)cn2)CC1. The zero-order chi connectivity index (χ0) is 32.5. The Morgan fingerprint density at radius 2 is 1.67 bits per heavy atom. The number of hydrogen-bond acceptors (Lipinski definition) is 8. The number of piperazine rings is 1. The Kier molecular flexibility index (Phi) is 8.84. The number of carbonyl (C=O) groups excluding carboxylic acids is 1. The van der Waals surface area contributed by atoms with E-state index in [4.69, 9.17) is 4.74 Å². The third-order valence-electron chi connectivity index (χ3n) is 7.53. The number of aromatic amines is 1. The number of nitrogens with zero attached hydrogens (tertiary/aromatic N) is 6. The Morgan fingerprint density at radius 3 is 2.29 bits per heavy atom. The number of halogens is 8. The van der Waals surface area contributed by atoms with E-state index in [2.05, 4.69) is 15.1 Å². The fourth-order valence-electron chi connectivity index (χ4n) is 5.25. The van der Waals surface area contributed by atoms with Crippen LogP contribution in [0.5, 0.6) is 5.75 Å². The summed E-state index contributed by atoms with van der Waals surface area (Å²) in [4.78, 5) is 37.0. The van der Waals surface area contributed by atoms with Gasteiger partial charge < -0.3 is 19.4 Å². The minimum Gasteiger partial charge on any atom is -0.485 e. The standard InChI is InChI=1S/C27H25F8N7O3/c28-16-1-3-21(20(29)9-16)45-18-10-17(42(14-18)22-11-19(27(33,34)35)24(44)39-38-22)2-4-23(43)40-5-7-41(8-6-40)25-36-12-15(13-37-25)26(30,31)32/h1,3,9,11-13,17-18H,2,4-8,10,14H2,(H,39,44)/t17-,18-/m1/s1. The van der Waals surface area contributed by atoms with Crippen LogP contribution >= 0.6 is 0 Å². The zero-order valence-electron chi connectivity index (χ0n) is 23.2. The number of hydrogen-bond donors (Lipinski definition) is 1. The number of anilines is 2. The number of alkyl halides is 6. The monoisotopic (exact) mass is 647 g/mol. The van der Waals surface area contributed by atoms with Crippen LogP contribution in [0.25, 0.3) is 0 Å². The highest BCUT2D eigenvalue weighted by atomic mass is 19.4. The highest BCUT2D eigenvalue weighted by Crippen LogP contribution is 2.34. The van der Waals surface area contributed by atoms with Crippen molar-refractivity contribution in [1.29, 1.82) is 0 Å². The van der Waals surface area contributed by atoms with E-state index in [1.165, 1.54) is 4.90 Å². The van der Waals surface area contributed by atoms with Gasteiger partial charge in [-0.15, -0.1) is 0 Å². The van der Waals surface area contributed by atoms with Gasteiger partial charge in [0.1, 0.15) is 23.3 Å². The number of H-pyrrole nitrogens is 1. The molecule has 2 aliphatic rings. The molecule has 2 atom stereocenters. The first kappa shape index (κ1) is 31.9. The molecule has 1 aromatic carbocycles. The summed E-state index contributed by atoms with van der Waals surface area (Å²) in [7, 11) is 0. The van der Waals surface area contributed by atoms with Gasteiger partial charge in [0.25, 0.3) is 5.56 Å². The maximum atomic E-state index is 14.2. The van der Waals surface area contributed by atoms with Crippen LogP contribution in [0.15, 0.2) is 41.5 Å². The van der Waals surface area contributed by atoms with Crippen molar-refractivity contribution in [2.24, 2.45) is 0 Å². The lowest BCUT2D eigenvalue weighted by Crippen LogP contribution is -2.49. The lowest BCUT2D eigenvalue weighted by atomic mass is 10.1. The van der Waals surface area contributed by atoms with Gasteiger partial charge in [0.05, 0.1) is 12.1 Å². The molecule has 1 amide bonds. The number of aromatic nitrogens is 4. The molecule has 2 aromatic heterocycles. The predicted octanol–water partition coefficient (Wildman–Crippen LogP) is 4.03. The molecule has 0 saturated carbocycles. The van der Waals surface area contributed by atoms with Crippen LogP contribution in [0, 0.1) is 11.6 Å². The van der Waals surface area contributed by atoms with Crippen LogP contribution in [0.1, 0.15) is 30.4 Å². The molecular weight excluding hydrogens is 622 g/mol. The third-order valence-corrected chi connectivity index (χ3v) is 7.53. The Bertz CT molecular complexity index is 1570. The molecule has 2 saturated heterocycles. The lowest BCUT2D eigenvalue weighted by molar-refractivity contribution is -0.139. The summed E-state index contributed by atoms with van der Waals surface area (Å²) in [5, 5.41) is 5.60. The second-order valence-electron chi connectivity index (χ2n) is 10.5. The first-order valence-electron chi connectivity index (χ1n) is 13.7. The van der Waals surface area contributed by atoms with Crippen molar-refractivity contribution in [2.75, 3.05) is 42.5 Å². The van der Waals surface area contributed by atoms with Crippen molar-refractivity contribution >= 4 is 17.7 Å². The molecule has 18 heteroatoms. The largest absolute Gasteiger partial charge is 0.485 e. The molecular formula is C27H25F8N7O3. The number of benzene rings is 1. The Labute approximate surface area is 249 Å². The molecule has 1 N–H and O–H groups in total. The van der Waals surface area contributed by atoms with Gasteiger partial charge in [-0.25, -0.2) is 23.8 Å².